The molecular formula is C13H18O7. The Morgan fingerprint density at radius 3 is 2.10 bits per heavy atom. The Balaban J connectivity index is 2.97. The van der Waals surface area contributed by atoms with Crippen LogP contribution in [-0.4, -0.2) is 56.8 Å². The van der Waals surface area contributed by atoms with E-state index < -0.39 is 18.7 Å². The van der Waals surface area contributed by atoms with Gasteiger partial charge in [-0.2, -0.15) is 0 Å². The van der Waals surface area contributed by atoms with Crippen molar-refractivity contribution in [3.05, 3.63) is 17.7 Å². The number of benzene rings is 1. The molecular weight excluding hydrogens is 268 g/mol. The lowest BCUT2D eigenvalue weighted by Gasteiger charge is -2.14. The number of aliphatic hydroxyl groups is 2. The quantitative estimate of drug-likeness (QED) is 0.692. The largest absolute Gasteiger partial charge is 0.493 e. The maximum atomic E-state index is 11.8. The average Bonchev–Trinajstić information content (AvgIpc) is 2.50. The van der Waals surface area contributed by atoms with E-state index in [2.05, 4.69) is 0 Å². The molecule has 1 rings (SSSR count). The predicted molar refractivity (Wildman–Crippen MR) is 69.5 cm³/mol. The average molecular weight is 286 g/mol. The van der Waals surface area contributed by atoms with Gasteiger partial charge in [0.05, 0.1) is 33.5 Å². The zero-order valence-electron chi connectivity index (χ0n) is 11.6. The van der Waals surface area contributed by atoms with Gasteiger partial charge in [0.2, 0.25) is 5.75 Å². The lowest BCUT2D eigenvalue weighted by atomic mass is 10.2. The number of aliphatic hydroxyl groups excluding tert-OH is 2. The SMILES string of the molecule is COc1cc(C(=O)OC[C@@H](O)CO)cc(OC)c1OC. The smallest absolute Gasteiger partial charge is 0.338 e. The number of hydrogen-bond donors (Lipinski definition) is 2. The molecule has 112 valence electrons. The molecule has 1 aromatic carbocycles. The second-order valence-corrected chi connectivity index (χ2v) is 3.85. The predicted octanol–water partition coefficient (Wildman–Crippen LogP) is 0.222. The van der Waals surface area contributed by atoms with Crippen LogP contribution in [0.4, 0.5) is 0 Å². The van der Waals surface area contributed by atoms with Crippen molar-refractivity contribution < 1.29 is 34.0 Å². The fourth-order valence-corrected chi connectivity index (χ4v) is 1.51. The minimum Gasteiger partial charge on any atom is -0.493 e. The van der Waals surface area contributed by atoms with Crippen LogP contribution in [0.2, 0.25) is 0 Å². The standard InChI is InChI=1S/C13H18O7/c1-17-10-4-8(5-11(18-2)12(10)19-3)13(16)20-7-9(15)6-14/h4-5,9,14-15H,6-7H2,1-3H3/t9-/m0/s1. The summed E-state index contributed by atoms with van der Waals surface area (Å²) in [5, 5.41) is 17.8. The van der Waals surface area contributed by atoms with Crippen molar-refractivity contribution in [2.24, 2.45) is 0 Å². The van der Waals surface area contributed by atoms with Gasteiger partial charge in [0.25, 0.3) is 0 Å². The van der Waals surface area contributed by atoms with Crippen LogP contribution in [0.15, 0.2) is 12.1 Å². The zero-order chi connectivity index (χ0) is 15.1. The van der Waals surface area contributed by atoms with E-state index in [4.69, 9.17) is 29.2 Å². The summed E-state index contributed by atoms with van der Waals surface area (Å²) in [4.78, 5) is 11.8. The van der Waals surface area contributed by atoms with E-state index >= 15 is 0 Å². The first-order valence-electron chi connectivity index (χ1n) is 5.83. The second kappa shape index (κ2) is 7.56. The summed E-state index contributed by atoms with van der Waals surface area (Å²) >= 11 is 0. The lowest BCUT2D eigenvalue weighted by molar-refractivity contribution is 0.00928. The highest BCUT2D eigenvalue weighted by Gasteiger charge is 2.18. The molecule has 1 atom stereocenters. The topological polar surface area (TPSA) is 94.5 Å². The summed E-state index contributed by atoms with van der Waals surface area (Å²) in [7, 11) is 4.32. The fourth-order valence-electron chi connectivity index (χ4n) is 1.51. The lowest BCUT2D eigenvalue weighted by Crippen LogP contribution is -2.22. The first kappa shape index (κ1) is 16.1. The summed E-state index contributed by atoms with van der Waals surface area (Å²) < 4.78 is 20.2. The highest BCUT2D eigenvalue weighted by atomic mass is 16.5. The molecule has 0 aromatic heterocycles. The van der Waals surface area contributed by atoms with Crippen LogP contribution in [-0.2, 0) is 4.74 Å². The molecule has 0 unspecified atom stereocenters. The molecule has 0 amide bonds. The molecule has 7 heteroatoms. The Kier molecular flexibility index (Phi) is 6.08. The van der Waals surface area contributed by atoms with Gasteiger partial charge < -0.3 is 29.2 Å². The Morgan fingerprint density at radius 1 is 1.15 bits per heavy atom. The van der Waals surface area contributed by atoms with Crippen LogP contribution in [0, 0.1) is 0 Å². The van der Waals surface area contributed by atoms with Gasteiger partial charge >= 0.3 is 5.97 Å². The number of esters is 1. The van der Waals surface area contributed by atoms with Gasteiger partial charge in [0.1, 0.15) is 12.7 Å². The van der Waals surface area contributed by atoms with Gasteiger partial charge in [-0.15, -0.1) is 0 Å². The monoisotopic (exact) mass is 286 g/mol. The molecule has 0 bridgehead atoms. The maximum absolute atomic E-state index is 11.8. The van der Waals surface area contributed by atoms with Crippen molar-refractivity contribution >= 4 is 5.97 Å². The van der Waals surface area contributed by atoms with E-state index in [1.54, 1.807) is 0 Å². The molecule has 0 saturated carbocycles. The van der Waals surface area contributed by atoms with Crippen LogP contribution in [0.25, 0.3) is 0 Å². The summed E-state index contributed by atoms with van der Waals surface area (Å²) in [6.45, 7) is -0.783. The van der Waals surface area contributed by atoms with Crippen LogP contribution >= 0.6 is 0 Å². The Morgan fingerprint density at radius 2 is 1.70 bits per heavy atom. The third-order valence-electron chi connectivity index (χ3n) is 2.52. The van der Waals surface area contributed by atoms with E-state index in [9.17, 15) is 4.79 Å². The minimum atomic E-state index is -1.11. The molecule has 20 heavy (non-hydrogen) atoms. The van der Waals surface area contributed by atoms with Gasteiger partial charge in [0, 0.05) is 0 Å². The van der Waals surface area contributed by atoms with Crippen LogP contribution < -0.4 is 14.2 Å². The van der Waals surface area contributed by atoms with E-state index in [-0.39, 0.29) is 12.2 Å². The molecule has 2 N–H and O–H groups in total. The second-order valence-electron chi connectivity index (χ2n) is 3.85. The van der Waals surface area contributed by atoms with Crippen molar-refractivity contribution in [1.29, 1.82) is 0 Å². The van der Waals surface area contributed by atoms with E-state index in [1.165, 1.54) is 33.5 Å². The van der Waals surface area contributed by atoms with Gasteiger partial charge in [0.15, 0.2) is 11.5 Å². The molecule has 0 aliphatic carbocycles. The Labute approximate surface area is 116 Å². The highest BCUT2D eigenvalue weighted by molar-refractivity contribution is 5.91. The first-order valence-corrected chi connectivity index (χ1v) is 5.83. The molecule has 0 radical (unpaired) electrons. The van der Waals surface area contributed by atoms with Crippen molar-refractivity contribution in [3.8, 4) is 17.2 Å². The minimum absolute atomic E-state index is 0.185. The third kappa shape index (κ3) is 3.75. The van der Waals surface area contributed by atoms with Crippen molar-refractivity contribution in [1.82, 2.24) is 0 Å². The molecule has 0 fully saturated rings. The Hall–Kier alpha value is -1.99. The zero-order valence-corrected chi connectivity index (χ0v) is 11.6. The van der Waals surface area contributed by atoms with Crippen molar-refractivity contribution in [3.63, 3.8) is 0 Å². The number of ether oxygens (including phenoxy) is 4. The number of carbonyl (C=O) groups excluding carboxylic acids is 1. The van der Waals surface area contributed by atoms with Crippen molar-refractivity contribution in [2.45, 2.75) is 6.10 Å². The van der Waals surface area contributed by atoms with Gasteiger partial charge in [-0.1, -0.05) is 0 Å². The highest BCUT2D eigenvalue weighted by Crippen LogP contribution is 2.38. The van der Waals surface area contributed by atoms with E-state index in [0.717, 1.165) is 0 Å². The number of methoxy groups -OCH3 is 3. The van der Waals surface area contributed by atoms with Gasteiger partial charge in [-0.3, -0.25) is 0 Å². The third-order valence-corrected chi connectivity index (χ3v) is 2.52. The van der Waals surface area contributed by atoms with E-state index in [1.807, 2.05) is 0 Å². The van der Waals surface area contributed by atoms with Crippen LogP contribution in [0.1, 0.15) is 10.4 Å². The normalized spacial score (nSPS) is 11.7. The number of carbonyl (C=O) groups is 1. The Bertz CT molecular complexity index is 433. The molecule has 0 spiro atoms. The van der Waals surface area contributed by atoms with Gasteiger partial charge in [-0.05, 0) is 12.1 Å². The summed E-state index contributed by atoms with van der Waals surface area (Å²) in [5.74, 6) is 0.335. The van der Waals surface area contributed by atoms with Crippen LogP contribution in [0.3, 0.4) is 0 Å². The fraction of sp³-hybridized carbons (Fsp3) is 0.462. The molecule has 7 nitrogen and oxygen atoms in total. The molecule has 0 aliphatic heterocycles. The molecule has 0 heterocycles. The van der Waals surface area contributed by atoms with E-state index in [0.29, 0.717) is 17.2 Å². The van der Waals surface area contributed by atoms with Crippen molar-refractivity contribution in [2.75, 3.05) is 34.5 Å². The molecule has 1 aromatic rings. The number of rotatable bonds is 7. The van der Waals surface area contributed by atoms with Gasteiger partial charge in [-0.25, -0.2) is 4.79 Å². The summed E-state index contributed by atoms with van der Waals surface area (Å²) in [5.41, 5.74) is 0.185. The summed E-state index contributed by atoms with van der Waals surface area (Å²) in [6, 6.07) is 2.88. The maximum Gasteiger partial charge on any atom is 0.338 e. The molecule has 0 saturated heterocycles. The first-order chi connectivity index (χ1) is 9.57. The number of hydrogen-bond acceptors (Lipinski definition) is 7. The summed E-state index contributed by atoms with van der Waals surface area (Å²) in [6.07, 6.45) is -1.11. The van der Waals surface area contributed by atoms with Crippen LogP contribution in [0.5, 0.6) is 17.2 Å². The molecule has 0 aliphatic rings.